The molecular weight excluding hydrogens is 455 g/mol. The molecule has 1 fully saturated rings. The molecular formula is C26H28F3N5O. The number of benzene rings is 2. The molecule has 0 spiro atoms. The van der Waals surface area contributed by atoms with Crippen LogP contribution in [0.5, 0.6) is 0 Å². The van der Waals surface area contributed by atoms with Crippen LogP contribution in [-0.2, 0) is 12.8 Å². The Kier molecular flexibility index (Phi) is 6.62. The number of aromatic nitrogens is 2. The topological polar surface area (TPSA) is 62.2 Å². The van der Waals surface area contributed by atoms with Gasteiger partial charge in [0.05, 0.1) is 5.69 Å². The van der Waals surface area contributed by atoms with Crippen molar-refractivity contribution < 1.29 is 18.0 Å². The Labute approximate surface area is 202 Å². The van der Waals surface area contributed by atoms with Crippen LogP contribution in [0, 0.1) is 17.5 Å². The molecule has 3 aromatic rings. The summed E-state index contributed by atoms with van der Waals surface area (Å²) in [4.78, 5) is 14.9. The smallest absolute Gasteiger partial charge is 0.274 e. The summed E-state index contributed by atoms with van der Waals surface area (Å²) in [6.45, 7) is 0.564. The number of rotatable bonds is 7. The molecule has 1 aromatic heterocycles. The molecule has 0 saturated carbocycles. The van der Waals surface area contributed by atoms with Gasteiger partial charge in [-0.2, -0.15) is 5.10 Å². The van der Waals surface area contributed by atoms with Crippen molar-refractivity contribution in [2.75, 3.05) is 13.6 Å². The summed E-state index contributed by atoms with van der Waals surface area (Å²) in [6, 6.07) is 10.5. The number of hydrazine groups is 1. The van der Waals surface area contributed by atoms with Crippen LogP contribution in [0.1, 0.15) is 59.0 Å². The standard InChI is InChI=1S/C26H28F3N5O/c1-33(12-4-7-18-14-23(31-30-18)16-5-2-6-17(27)13-16)26(35)25-20-8-3-9-24(20)34(32-25)19-10-11-21(28)22(29)15-19/h2,5-6,10-11,13,15,18,23,30-31H,3-4,7-9,12,14H2,1H3. The summed E-state index contributed by atoms with van der Waals surface area (Å²) in [6.07, 6.45) is 4.88. The van der Waals surface area contributed by atoms with E-state index in [0.29, 0.717) is 17.9 Å². The molecule has 1 amide bonds. The Bertz CT molecular complexity index is 1240. The summed E-state index contributed by atoms with van der Waals surface area (Å²) in [7, 11) is 1.76. The van der Waals surface area contributed by atoms with E-state index in [0.717, 1.165) is 67.5 Å². The second kappa shape index (κ2) is 9.83. The van der Waals surface area contributed by atoms with E-state index in [1.165, 1.54) is 12.1 Å². The van der Waals surface area contributed by atoms with Crippen molar-refractivity contribution in [3.8, 4) is 5.69 Å². The highest BCUT2D eigenvalue weighted by molar-refractivity contribution is 5.94. The van der Waals surface area contributed by atoms with E-state index in [9.17, 15) is 18.0 Å². The average Bonchev–Trinajstić information content (AvgIpc) is 3.57. The Balaban J connectivity index is 1.20. The Hall–Kier alpha value is -3.17. The molecule has 6 nitrogen and oxygen atoms in total. The zero-order chi connectivity index (χ0) is 24.5. The van der Waals surface area contributed by atoms with Gasteiger partial charge in [0, 0.05) is 43.0 Å². The first kappa shape index (κ1) is 23.6. The lowest BCUT2D eigenvalue weighted by atomic mass is 9.99. The number of hydrogen-bond donors (Lipinski definition) is 2. The van der Waals surface area contributed by atoms with Gasteiger partial charge in [-0.15, -0.1) is 0 Å². The van der Waals surface area contributed by atoms with E-state index < -0.39 is 11.6 Å². The zero-order valence-electron chi connectivity index (χ0n) is 19.5. The van der Waals surface area contributed by atoms with Crippen molar-refractivity contribution in [3.63, 3.8) is 0 Å². The third-order valence-electron chi connectivity index (χ3n) is 6.91. The first-order valence-corrected chi connectivity index (χ1v) is 12.0. The first-order chi connectivity index (χ1) is 16.9. The predicted molar refractivity (Wildman–Crippen MR) is 126 cm³/mol. The molecule has 1 saturated heterocycles. The molecule has 2 N–H and O–H groups in total. The summed E-state index contributed by atoms with van der Waals surface area (Å²) >= 11 is 0. The molecule has 2 aliphatic rings. The minimum atomic E-state index is -0.940. The van der Waals surface area contributed by atoms with E-state index in [1.807, 2.05) is 6.07 Å². The van der Waals surface area contributed by atoms with E-state index in [2.05, 4.69) is 16.0 Å². The number of amides is 1. The van der Waals surface area contributed by atoms with Gasteiger partial charge in [-0.1, -0.05) is 12.1 Å². The summed E-state index contributed by atoms with van der Waals surface area (Å²) in [5, 5.41) is 4.51. The maximum Gasteiger partial charge on any atom is 0.274 e. The summed E-state index contributed by atoms with van der Waals surface area (Å²) in [5.74, 6) is -2.27. The van der Waals surface area contributed by atoms with E-state index in [4.69, 9.17) is 0 Å². The van der Waals surface area contributed by atoms with Crippen LogP contribution in [0.15, 0.2) is 42.5 Å². The first-order valence-electron chi connectivity index (χ1n) is 12.0. The van der Waals surface area contributed by atoms with Gasteiger partial charge in [-0.25, -0.2) is 17.9 Å². The van der Waals surface area contributed by atoms with E-state index >= 15 is 0 Å². The van der Waals surface area contributed by atoms with Gasteiger partial charge in [-0.3, -0.25) is 15.6 Å². The number of halogens is 3. The number of fused-ring (bicyclic) bond motifs is 1. The maximum atomic E-state index is 13.8. The number of nitrogens with zero attached hydrogens (tertiary/aromatic N) is 3. The molecule has 2 heterocycles. The SMILES string of the molecule is CN(CCCC1CC(c2cccc(F)c2)NN1)C(=O)c1nn(-c2ccc(F)c(F)c2)c2c1CCC2. The number of nitrogens with one attached hydrogen (secondary N) is 2. The van der Waals surface area contributed by atoms with Gasteiger partial charge < -0.3 is 4.90 Å². The van der Waals surface area contributed by atoms with Crippen LogP contribution in [0.25, 0.3) is 5.69 Å². The minimum absolute atomic E-state index is 0.0536. The van der Waals surface area contributed by atoms with E-state index in [-0.39, 0.29) is 23.8 Å². The van der Waals surface area contributed by atoms with Gasteiger partial charge in [0.1, 0.15) is 5.82 Å². The third kappa shape index (κ3) is 4.83. The van der Waals surface area contributed by atoms with Gasteiger partial charge in [-0.05, 0) is 68.4 Å². The monoisotopic (exact) mass is 483 g/mol. The molecule has 35 heavy (non-hydrogen) atoms. The fourth-order valence-corrected chi connectivity index (χ4v) is 5.05. The number of hydrogen-bond acceptors (Lipinski definition) is 4. The fourth-order valence-electron chi connectivity index (χ4n) is 5.05. The Morgan fingerprint density at radius 2 is 1.97 bits per heavy atom. The molecule has 1 aliphatic heterocycles. The summed E-state index contributed by atoms with van der Waals surface area (Å²) in [5.41, 5.74) is 10.00. The Morgan fingerprint density at radius 1 is 1.11 bits per heavy atom. The predicted octanol–water partition coefficient (Wildman–Crippen LogP) is 4.24. The molecule has 2 unspecified atom stereocenters. The minimum Gasteiger partial charge on any atom is -0.340 e. The fraction of sp³-hybridized carbons (Fsp3) is 0.385. The quantitative estimate of drug-likeness (QED) is 0.528. The lowest BCUT2D eigenvalue weighted by Crippen LogP contribution is -2.33. The van der Waals surface area contributed by atoms with Crippen molar-refractivity contribution in [1.29, 1.82) is 0 Å². The molecule has 184 valence electrons. The van der Waals surface area contributed by atoms with Crippen LogP contribution in [0.2, 0.25) is 0 Å². The molecule has 9 heteroatoms. The molecule has 0 radical (unpaired) electrons. The molecule has 2 atom stereocenters. The number of carbonyl (C=O) groups is 1. The van der Waals surface area contributed by atoms with Crippen LogP contribution < -0.4 is 10.9 Å². The second-order valence-corrected chi connectivity index (χ2v) is 9.34. The van der Waals surface area contributed by atoms with Crippen LogP contribution in [-0.4, -0.2) is 40.2 Å². The van der Waals surface area contributed by atoms with Crippen molar-refractivity contribution >= 4 is 5.91 Å². The largest absolute Gasteiger partial charge is 0.340 e. The second-order valence-electron chi connectivity index (χ2n) is 9.34. The highest BCUT2D eigenvalue weighted by Crippen LogP contribution is 2.29. The summed E-state index contributed by atoms with van der Waals surface area (Å²) < 4.78 is 42.3. The molecule has 5 rings (SSSR count). The van der Waals surface area contributed by atoms with E-state index in [1.54, 1.807) is 28.8 Å². The lowest BCUT2D eigenvalue weighted by molar-refractivity contribution is 0.0784. The Morgan fingerprint density at radius 3 is 2.77 bits per heavy atom. The maximum absolute atomic E-state index is 13.8. The average molecular weight is 484 g/mol. The zero-order valence-corrected chi connectivity index (χ0v) is 19.5. The van der Waals surface area contributed by atoms with Gasteiger partial charge >= 0.3 is 0 Å². The normalized spacial score (nSPS) is 19.2. The van der Waals surface area contributed by atoms with Crippen molar-refractivity contribution in [2.24, 2.45) is 0 Å². The lowest BCUT2D eigenvalue weighted by Gasteiger charge is -2.18. The van der Waals surface area contributed by atoms with Crippen LogP contribution >= 0.6 is 0 Å². The number of carbonyl (C=O) groups excluding carboxylic acids is 1. The molecule has 1 aliphatic carbocycles. The highest BCUT2D eigenvalue weighted by Gasteiger charge is 2.29. The van der Waals surface area contributed by atoms with Crippen molar-refractivity contribution in [3.05, 3.63) is 82.4 Å². The third-order valence-corrected chi connectivity index (χ3v) is 6.91. The van der Waals surface area contributed by atoms with Crippen LogP contribution in [0.4, 0.5) is 13.2 Å². The van der Waals surface area contributed by atoms with Crippen LogP contribution in [0.3, 0.4) is 0 Å². The van der Waals surface area contributed by atoms with Crippen molar-refractivity contribution in [2.45, 2.75) is 50.6 Å². The molecule has 0 bridgehead atoms. The highest BCUT2D eigenvalue weighted by atomic mass is 19.2. The van der Waals surface area contributed by atoms with Gasteiger partial charge in [0.2, 0.25) is 0 Å². The van der Waals surface area contributed by atoms with Gasteiger partial charge in [0.15, 0.2) is 17.3 Å². The van der Waals surface area contributed by atoms with Gasteiger partial charge in [0.25, 0.3) is 5.91 Å². The molecule has 2 aromatic carbocycles. The van der Waals surface area contributed by atoms with Crippen molar-refractivity contribution in [1.82, 2.24) is 25.5 Å².